The van der Waals surface area contributed by atoms with Crippen LogP contribution >= 0.6 is 11.6 Å². The fourth-order valence-electron chi connectivity index (χ4n) is 2.32. The Kier molecular flexibility index (Phi) is 4.05. The molecule has 0 atom stereocenters. The molecule has 3 rings (SSSR count). The first-order chi connectivity index (χ1) is 11.5. The lowest BCUT2D eigenvalue weighted by atomic mass is 10.1. The summed E-state index contributed by atoms with van der Waals surface area (Å²) < 4.78 is 0. The van der Waals surface area contributed by atoms with E-state index >= 15 is 0 Å². The maximum Gasteiger partial charge on any atom is 0.0752 e. The van der Waals surface area contributed by atoms with Crippen molar-refractivity contribution < 1.29 is 19.8 Å². The van der Waals surface area contributed by atoms with Crippen LogP contribution in [0.5, 0.6) is 0 Å². The highest BCUT2D eigenvalue weighted by Crippen LogP contribution is 2.30. The third-order valence-electron chi connectivity index (χ3n) is 3.42. The SMILES string of the molecule is O=C([O-])c1ccc2ncc(C(=O)[O-])c(Nc3cccc(Cl)c3)c2c1. The molecule has 1 N–H and O–H groups in total. The van der Waals surface area contributed by atoms with Gasteiger partial charge < -0.3 is 25.1 Å². The monoisotopic (exact) mass is 340 g/mol. The second kappa shape index (κ2) is 6.17. The largest absolute Gasteiger partial charge is 0.545 e. The Balaban J connectivity index is 2.24. The van der Waals surface area contributed by atoms with Gasteiger partial charge in [0, 0.05) is 27.9 Å². The first-order valence-electron chi connectivity index (χ1n) is 6.84. The number of halogens is 1. The van der Waals surface area contributed by atoms with E-state index in [4.69, 9.17) is 11.6 Å². The van der Waals surface area contributed by atoms with E-state index in [0.29, 0.717) is 21.6 Å². The third kappa shape index (κ3) is 3.00. The van der Waals surface area contributed by atoms with E-state index in [0.717, 1.165) is 6.20 Å². The molecule has 0 spiro atoms. The lowest BCUT2D eigenvalue weighted by Crippen LogP contribution is -2.24. The van der Waals surface area contributed by atoms with Crippen molar-refractivity contribution in [1.29, 1.82) is 0 Å². The van der Waals surface area contributed by atoms with Crippen LogP contribution < -0.4 is 15.5 Å². The first-order valence-corrected chi connectivity index (χ1v) is 7.21. The number of rotatable bonds is 4. The highest BCUT2D eigenvalue weighted by Gasteiger charge is 2.11. The highest BCUT2D eigenvalue weighted by atomic mass is 35.5. The Bertz CT molecular complexity index is 967. The molecule has 0 saturated heterocycles. The van der Waals surface area contributed by atoms with Gasteiger partial charge in [0.05, 0.1) is 23.1 Å². The molecule has 0 aliphatic carbocycles. The molecule has 0 unspecified atom stereocenters. The number of carbonyl (C=O) groups is 2. The number of hydrogen-bond acceptors (Lipinski definition) is 6. The maximum absolute atomic E-state index is 11.4. The van der Waals surface area contributed by atoms with Gasteiger partial charge in [0.1, 0.15) is 0 Å². The summed E-state index contributed by atoms with van der Waals surface area (Å²) in [5.41, 5.74) is 0.850. The van der Waals surface area contributed by atoms with Crippen molar-refractivity contribution in [1.82, 2.24) is 4.98 Å². The fourth-order valence-corrected chi connectivity index (χ4v) is 2.51. The summed E-state index contributed by atoms with van der Waals surface area (Å²) >= 11 is 5.93. The molecule has 0 bridgehead atoms. The van der Waals surface area contributed by atoms with Crippen LogP contribution in [0.15, 0.2) is 48.7 Å². The number of aromatic carboxylic acids is 2. The average molecular weight is 341 g/mol. The highest BCUT2D eigenvalue weighted by molar-refractivity contribution is 6.30. The van der Waals surface area contributed by atoms with Crippen molar-refractivity contribution in [3.05, 3.63) is 64.8 Å². The molecule has 7 heteroatoms. The Morgan fingerprint density at radius 3 is 2.50 bits per heavy atom. The zero-order valence-electron chi connectivity index (χ0n) is 12.1. The molecule has 1 heterocycles. The van der Waals surface area contributed by atoms with Crippen molar-refractivity contribution in [2.24, 2.45) is 0 Å². The molecule has 2 aromatic carbocycles. The van der Waals surface area contributed by atoms with Gasteiger partial charge in [0.2, 0.25) is 0 Å². The summed E-state index contributed by atoms with van der Waals surface area (Å²) in [6, 6.07) is 10.8. The van der Waals surface area contributed by atoms with Crippen molar-refractivity contribution in [2.45, 2.75) is 0 Å². The van der Waals surface area contributed by atoms with Crippen molar-refractivity contribution in [2.75, 3.05) is 5.32 Å². The predicted molar refractivity (Wildman–Crippen MR) is 85.1 cm³/mol. The van der Waals surface area contributed by atoms with Crippen molar-refractivity contribution in [3.63, 3.8) is 0 Å². The minimum atomic E-state index is -1.44. The van der Waals surface area contributed by atoms with E-state index in [1.165, 1.54) is 18.2 Å². The fraction of sp³-hybridized carbons (Fsp3) is 0. The molecule has 0 radical (unpaired) electrons. The number of aromatic nitrogens is 1. The Hall–Kier alpha value is -3.12. The standard InChI is InChI=1S/C17H11ClN2O4/c18-10-2-1-3-11(7-10)20-15-12-6-9(16(21)22)4-5-14(12)19-8-13(15)17(23)24/h1-8H,(H,19,20)(H,21,22)(H,23,24)/p-2. The zero-order valence-corrected chi connectivity index (χ0v) is 12.8. The van der Waals surface area contributed by atoms with Gasteiger partial charge in [-0.25, -0.2) is 0 Å². The molecular formula is C17H9ClN2O4-2. The molecule has 24 heavy (non-hydrogen) atoms. The summed E-state index contributed by atoms with van der Waals surface area (Å²) in [5, 5.41) is 26.2. The summed E-state index contributed by atoms with van der Waals surface area (Å²) in [5.74, 6) is -2.81. The number of fused-ring (bicyclic) bond motifs is 1. The maximum atomic E-state index is 11.4. The minimum Gasteiger partial charge on any atom is -0.545 e. The normalized spacial score (nSPS) is 10.5. The molecule has 0 aliphatic rings. The van der Waals surface area contributed by atoms with Gasteiger partial charge in [-0.3, -0.25) is 4.98 Å². The van der Waals surface area contributed by atoms with Gasteiger partial charge in [-0.15, -0.1) is 0 Å². The number of pyridine rings is 1. The molecule has 0 aliphatic heterocycles. The molecule has 0 fully saturated rings. The van der Waals surface area contributed by atoms with Gasteiger partial charge in [0.25, 0.3) is 0 Å². The van der Waals surface area contributed by atoms with Gasteiger partial charge in [-0.1, -0.05) is 23.7 Å². The van der Waals surface area contributed by atoms with Gasteiger partial charge in [-0.05, 0) is 35.9 Å². The molecular weight excluding hydrogens is 332 g/mol. The summed E-state index contributed by atoms with van der Waals surface area (Å²) in [4.78, 5) is 26.5. The summed E-state index contributed by atoms with van der Waals surface area (Å²) in [7, 11) is 0. The van der Waals surface area contributed by atoms with Crippen molar-refractivity contribution >= 4 is 45.8 Å². The molecule has 0 amide bonds. The summed E-state index contributed by atoms with van der Waals surface area (Å²) in [6.45, 7) is 0. The number of anilines is 2. The Morgan fingerprint density at radius 1 is 1.04 bits per heavy atom. The van der Waals surface area contributed by atoms with E-state index in [1.807, 2.05) is 0 Å². The molecule has 1 aromatic heterocycles. The smallest absolute Gasteiger partial charge is 0.0752 e. The number of nitrogens with zero attached hydrogens (tertiary/aromatic N) is 1. The number of carbonyl (C=O) groups excluding carboxylic acids is 2. The van der Waals surface area contributed by atoms with Crippen LogP contribution in [0.3, 0.4) is 0 Å². The van der Waals surface area contributed by atoms with Gasteiger partial charge >= 0.3 is 0 Å². The third-order valence-corrected chi connectivity index (χ3v) is 3.65. The van der Waals surface area contributed by atoms with Crippen LogP contribution in [0, 0.1) is 0 Å². The van der Waals surface area contributed by atoms with Crippen LogP contribution in [0.1, 0.15) is 20.7 Å². The lowest BCUT2D eigenvalue weighted by Gasteiger charge is -2.16. The number of nitrogens with one attached hydrogen (secondary N) is 1. The molecule has 0 saturated carbocycles. The summed E-state index contributed by atoms with van der Waals surface area (Å²) in [6.07, 6.45) is 1.16. The van der Waals surface area contributed by atoms with Crippen LogP contribution in [-0.4, -0.2) is 16.9 Å². The zero-order chi connectivity index (χ0) is 17.3. The van der Waals surface area contributed by atoms with Crippen LogP contribution in [0.2, 0.25) is 5.02 Å². The van der Waals surface area contributed by atoms with E-state index in [2.05, 4.69) is 10.3 Å². The van der Waals surface area contributed by atoms with E-state index in [-0.39, 0.29) is 16.8 Å². The van der Waals surface area contributed by atoms with Gasteiger partial charge in [0.15, 0.2) is 0 Å². The minimum absolute atomic E-state index is 0.0889. The second-order valence-electron chi connectivity index (χ2n) is 4.99. The predicted octanol–water partition coefficient (Wildman–Crippen LogP) is 1.36. The first kappa shape index (κ1) is 15.8. The van der Waals surface area contributed by atoms with Crippen LogP contribution in [-0.2, 0) is 0 Å². The van der Waals surface area contributed by atoms with E-state index in [9.17, 15) is 19.8 Å². The van der Waals surface area contributed by atoms with Crippen molar-refractivity contribution in [3.8, 4) is 0 Å². The van der Waals surface area contributed by atoms with E-state index in [1.54, 1.807) is 24.3 Å². The topological polar surface area (TPSA) is 105 Å². The molecule has 6 nitrogen and oxygen atoms in total. The Labute approximate surface area is 141 Å². The molecule has 120 valence electrons. The van der Waals surface area contributed by atoms with E-state index < -0.39 is 11.9 Å². The lowest BCUT2D eigenvalue weighted by molar-refractivity contribution is -0.256. The number of benzene rings is 2. The second-order valence-corrected chi connectivity index (χ2v) is 5.43. The Morgan fingerprint density at radius 2 is 1.83 bits per heavy atom. The van der Waals surface area contributed by atoms with Crippen LogP contribution in [0.4, 0.5) is 11.4 Å². The quantitative estimate of drug-likeness (QED) is 0.768. The molecule has 3 aromatic rings. The average Bonchev–Trinajstić information content (AvgIpc) is 2.54. The van der Waals surface area contributed by atoms with Crippen LogP contribution in [0.25, 0.3) is 10.9 Å². The number of carboxylic acid groups (broad SMARTS) is 2. The van der Waals surface area contributed by atoms with Gasteiger partial charge in [-0.2, -0.15) is 0 Å². The number of hydrogen-bond donors (Lipinski definition) is 1. The number of carboxylic acids is 2.